The van der Waals surface area contributed by atoms with Crippen molar-refractivity contribution < 1.29 is 23.9 Å². The molecule has 106 valence electrons. The van der Waals surface area contributed by atoms with Gasteiger partial charge in [-0.3, -0.25) is 0 Å². The van der Waals surface area contributed by atoms with Gasteiger partial charge in [0.1, 0.15) is 12.6 Å². The fraction of sp³-hybridized carbons (Fsp3) is 0.769. The quantitative estimate of drug-likeness (QED) is 0.270. The summed E-state index contributed by atoms with van der Waals surface area (Å²) in [6, 6.07) is 0. The van der Waals surface area contributed by atoms with Crippen molar-refractivity contribution in [3.63, 3.8) is 0 Å². The summed E-state index contributed by atoms with van der Waals surface area (Å²) in [6.45, 7) is 5.28. The van der Waals surface area contributed by atoms with Gasteiger partial charge in [0.15, 0.2) is 0 Å². The lowest BCUT2D eigenvalue weighted by Gasteiger charge is -2.26. The highest BCUT2D eigenvalue weighted by Gasteiger charge is 2.15. The first-order chi connectivity index (χ1) is 8.35. The number of hydrogen-bond donors (Lipinski definition) is 1. The van der Waals surface area contributed by atoms with Crippen LogP contribution >= 0.6 is 0 Å². The lowest BCUT2D eigenvalue weighted by atomic mass is 10.3. The summed E-state index contributed by atoms with van der Waals surface area (Å²) in [5.41, 5.74) is 0. The van der Waals surface area contributed by atoms with E-state index in [1.807, 2.05) is 21.1 Å². The maximum atomic E-state index is 10.7. The van der Waals surface area contributed by atoms with Crippen molar-refractivity contribution in [3.05, 3.63) is 12.7 Å². The molecule has 1 unspecified atom stereocenters. The number of unbranched alkanes of at least 4 members (excludes halogenated alkanes) is 1. The Kier molecular flexibility index (Phi) is 8.62. The Labute approximate surface area is 110 Å². The molecule has 0 aromatic rings. The van der Waals surface area contributed by atoms with E-state index in [-0.39, 0.29) is 0 Å². The minimum atomic E-state index is -0.441. The van der Waals surface area contributed by atoms with Crippen LogP contribution in [0, 0.1) is 0 Å². The summed E-state index contributed by atoms with van der Waals surface area (Å²) in [6.07, 6.45) is 2.27. The van der Waals surface area contributed by atoms with Crippen LogP contribution in [0.4, 0.5) is 0 Å². The van der Waals surface area contributed by atoms with Crippen molar-refractivity contribution in [2.24, 2.45) is 0 Å². The van der Waals surface area contributed by atoms with Crippen LogP contribution in [-0.2, 0) is 14.3 Å². The number of likely N-dealkylation sites (N-methyl/N-ethyl adjacent to an activating group) is 1. The first kappa shape index (κ1) is 17.1. The second-order valence-corrected chi connectivity index (χ2v) is 5.28. The summed E-state index contributed by atoms with van der Waals surface area (Å²) in [5.74, 6) is -0.394. The van der Waals surface area contributed by atoms with Crippen LogP contribution in [0.3, 0.4) is 0 Å². The molecular weight excluding hydrogens is 234 g/mol. The molecule has 5 heteroatoms. The third-order valence-corrected chi connectivity index (χ3v) is 2.16. The molecule has 1 N–H and O–H groups in total. The SMILES string of the molecule is C=CC(=O)OCCCCOCC(O)C[N+](C)(C)C. The number of aliphatic hydroxyl groups is 1. The maximum absolute atomic E-state index is 10.7. The number of quaternary nitrogens is 1. The van der Waals surface area contributed by atoms with Crippen LogP contribution in [0.15, 0.2) is 12.7 Å². The first-order valence-corrected chi connectivity index (χ1v) is 6.20. The number of esters is 1. The Balaban J connectivity index is 3.35. The highest BCUT2D eigenvalue weighted by Crippen LogP contribution is 1.97. The number of rotatable bonds is 10. The highest BCUT2D eigenvalue weighted by molar-refractivity contribution is 5.81. The van der Waals surface area contributed by atoms with Gasteiger partial charge in [0, 0.05) is 12.7 Å². The van der Waals surface area contributed by atoms with Gasteiger partial charge in [-0.15, -0.1) is 0 Å². The lowest BCUT2D eigenvalue weighted by molar-refractivity contribution is -0.873. The topological polar surface area (TPSA) is 55.8 Å². The Morgan fingerprint density at radius 1 is 1.33 bits per heavy atom. The van der Waals surface area contributed by atoms with E-state index in [0.29, 0.717) is 30.8 Å². The normalized spacial score (nSPS) is 13.1. The molecule has 0 aliphatic carbocycles. The van der Waals surface area contributed by atoms with Crippen molar-refractivity contribution in [1.82, 2.24) is 0 Å². The number of nitrogens with zero attached hydrogens (tertiary/aromatic N) is 1. The summed E-state index contributed by atoms with van der Waals surface area (Å²) in [4.78, 5) is 10.7. The van der Waals surface area contributed by atoms with Crippen molar-refractivity contribution >= 4 is 5.97 Å². The lowest BCUT2D eigenvalue weighted by Crippen LogP contribution is -2.43. The molecule has 0 aromatic heterocycles. The van der Waals surface area contributed by atoms with Gasteiger partial charge in [0.2, 0.25) is 0 Å². The molecule has 0 rings (SSSR count). The average Bonchev–Trinajstić information content (AvgIpc) is 2.25. The van der Waals surface area contributed by atoms with Gasteiger partial charge < -0.3 is 19.1 Å². The molecule has 1 atom stereocenters. The number of carbonyl (C=O) groups is 1. The second-order valence-electron chi connectivity index (χ2n) is 5.28. The van der Waals surface area contributed by atoms with Gasteiger partial charge in [-0.05, 0) is 12.8 Å². The van der Waals surface area contributed by atoms with Gasteiger partial charge in [0.05, 0.1) is 34.4 Å². The first-order valence-electron chi connectivity index (χ1n) is 6.20. The van der Waals surface area contributed by atoms with E-state index in [0.717, 1.165) is 18.9 Å². The van der Waals surface area contributed by atoms with E-state index in [4.69, 9.17) is 9.47 Å². The van der Waals surface area contributed by atoms with Gasteiger partial charge in [-0.2, -0.15) is 0 Å². The van der Waals surface area contributed by atoms with Crippen LogP contribution in [0.2, 0.25) is 0 Å². The largest absolute Gasteiger partial charge is 0.463 e. The zero-order valence-corrected chi connectivity index (χ0v) is 11.7. The Bertz CT molecular complexity index is 248. The summed E-state index contributed by atoms with van der Waals surface area (Å²) in [5, 5.41) is 9.67. The van der Waals surface area contributed by atoms with Gasteiger partial charge >= 0.3 is 5.97 Å². The smallest absolute Gasteiger partial charge is 0.330 e. The zero-order chi connectivity index (χ0) is 14.0. The van der Waals surface area contributed by atoms with Crippen LogP contribution in [0.5, 0.6) is 0 Å². The van der Waals surface area contributed by atoms with E-state index >= 15 is 0 Å². The predicted molar refractivity (Wildman–Crippen MR) is 70.1 cm³/mol. The van der Waals surface area contributed by atoms with E-state index < -0.39 is 12.1 Å². The number of hydrogen-bond acceptors (Lipinski definition) is 4. The average molecular weight is 260 g/mol. The van der Waals surface area contributed by atoms with Crippen molar-refractivity contribution in [3.8, 4) is 0 Å². The van der Waals surface area contributed by atoms with Crippen molar-refractivity contribution in [2.75, 3.05) is 47.5 Å². The van der Waals surface area contributed by atoms with E-state index in [1.54, 1.807) is 0 Å². The molecule has 0 spiro atoms. The fourth-order valence-electron chi connectivity index (χ4n) is 1.44. The Hall–Kier alpha value is -0.910. The third kappa shape index (κ3) is 11.6. The Morgan fingerprint density at radius 3 is 2.50 bits per heavy atom. The highest BCUT2D eigenvalue weighted by atomic mass is 16.5. The van der Waals surface area contributed by atoms with Crippen molar-refractivity contribution in [1.29, 1.82) is 0 Å². The van der Waals surface area contributed by atoms with Gasteiger partial charge in [0.25, 0.3) is 0 Å². The van der Waals surface area contributed by atoms with Crippen LogP contribution in [0.1, 0.15) is 12.8 Å². The predicted octanol–water partition coefficient (Wildman–Crippen LogP) is 0.579. The van der Waals surface area contributed by atoms with E-state index in [2.05, 4.69) is 6.58 Å². The fourth-order valence-corrected chi connectivity index (χ4v) is 1.44. The van der Waals surface area contributed by atoms with E-state index in [1.165, 1.54) is 0 Å². The molecule has 0 saturated heterocycles. The molecule has 0 fully saturated rings. The molecular formula is C13H26NO4+. The monoisotopic (exact) mass is 260 g/mol. The molecule has 5 nitrogen and oxygen atoms in total. The number of aliphatic hydroxyl groups excluding tert-OH is 1. The molecule has 0 aromatic carbocycles. The van der Waals surface area contributed by atoms with Gasteiger partial charge in [-0.25, -0.2) is 4.79 Å². The van der Waals surface area contributed by atoms with Crippen molar-refractivity contribution in [2.45, 2.75) is 18.9 Å². The van der Waals surface area contributed by atoms with Crippen LogP contribution in [-0.4, -0.2) is 69.2 Å². The summed E-state index contributed by atoms with van der Waals surface area (Å²) >= 11 is 0. The Morgan fingerprint density at radius 2 is 1.94 bits per heavy atom. The molecule has 0 heterocycles. The standard InChI is InChI=1S/C13H26NO4/c1-5-13(16)18-9-7-6-8-17-11-12(15)10-14(2,3)4/h5,12,15H,1,6-11H2,2-4H3/q+1. The molecule has 0 aliphatic heterocycles. The molecule has 0 saturated carbocycles. The number of carbonyl (C=O) groups excluding carboxylic acids is 1. The van der Waals surface area contributed by atoms with E-state index in [9.17, 15) is 9.90 Å². The minimum Gasteiger partial charge on any atom is -0.463 e. The zero-order valence-electron chi connectivity index (χ0n) is 11.7. The summed E-state index contributed by atoms with van der Waals surface area (Å²) in [7, 11) is 6.07. The van der Waals surface area contributed by atoms with Crippen LogP contribution in [0.25, 0.3) is 0 Å². The summed E-state index contributed by atoms with van der Waals surface area (Å²) < 4.78 is 10.9. The van der Waals surface area contributed by atoms with Crippen LogP contribution < -0.4 is 0 Å². The maximum Gasteiger partial charge on any atom is 0.330 e. The second kappa shape index (κ2) is 9.08. The van der Waals surface area contributed by atoms with Gasteiger partial charge in [-0.1, -0.05) is 6.58 Å². The third-order valence-electron chi connectivity index (χ3n) is 2.16. The molecule has 18 heavy (non-hydrogen) atoms. The number of ether oxygens (including phenoxy) is 2. The minimum absolute atomic E-state index is 0.349. The molecule has 0 amide bonds. The molecule has 0 radical (unpaired) electrons. The molecule has 0 bridgehead atoms. The molecule has 0 aliphatic rings.